The quantitative estimate of drug-likeness (QED) is 0.358. The molecule has 36 valence electrons. The van der Waals surface area contributed by atoms with Crippen LogP contribution in [-0.2, 0) is 4.79 Å². The number of carbonyl (C=O) groups excluding carboxylic acids is 1. The summed E-state index contributed by atoms with van der Waals surface area (Å²) in [7, 11) is 0. The molecule has 1 atom stereocenters. The number of ketones is 1. The summed E-state index contributed by atoms with van der Waals surface area (Å²) in [6, 6.07) is 0. The average molecular weight is 105 g/mol. The van der Waals surface area contributed by atoms with Crippen LogP contribution in [0.2, 0.25) is 0 Å². The highest BCUT2D eigenvalue weighted by molar-refractivity contribution is 7.81. The second-order valence-corrected chi connectivity index (χ2v) is 1.61. The molecule has 0 aromatic heterocycles. The lowest BCUT2D eigenvalue weighted by molar-refractivity contribution is -0.116. The van der Waals surface area contributed by atoms with Gasteiger partial charge in [0.1, 0.15) is 5.37 Å². The van der Waals surface area contributed by atoms with Gasteiger partial charge in [0.15, 0.2) is 5.78 Å². The molecule has 0 bridgehead atoms. The second-order valence-electron chi connectivity index (χ2n) is 1.06. The molecular formula is C3H7NOS. The van der Waals surface area contributed by atoms with E-state index in [1.54, 1.807) is 0 Å². The largest absolute Gasteiger partial charge is 0.313 e. The van der Waals surface area contributed by atoms with Crippen LogP contribution < -0.4 is 5.73 Å². The first-order valence-corrected chi connectivity index (χ1v) is 2.10. The molecule has 3 heteroatoms. The highest BCUT2D eigenvalue weighted by atomic mass is 32.1. The standard InChI is InChI=1S/C3H7NOS/c1-2(5)3(4)6/h3,6H,4H2,1H3. The molecule has 0 aromatic rings. The second kappa shape index (κ2) is 2.21. The van der Waals surface area contributed by atoms with Crippen LogP contribution in [0, 0.1) is 0 Å². The molecule has 0 amide bonds. The molecule has 0 aromatic carbocycles. The Labute approximate surface area is 42.1 Å². The minimum Gasteiger partial charge on any atom is -0.313 e. The fraction of sp³-hybridized carbons (Fsp3) is 0.667. The van der Waals surface area contributed by atoms with Gasteiger partial charge in [0.2, 0.25) is 0 Å². The Morgan fingerprint density at radius 3 is 2.17 bits per heavy atom. The molecule has 0 saturated heterocycles. The molecule has 2 nitrogen and oxygen atoms in total. The Balaban J connectivity index is 3.26. The first-order chi connectivity index (χ1) is 2.64. The summed E-state index contributed by atoms with van der Waals surface area (Å²) in [6.45, 7) is 1.40. The summed E-state index contributed by atoms with van der Waals surface area (Å²) >= 11 is 3.62. The van der Waals surface area contributed by atoms with E-state index in [0.29, 0.717) is 0 Å². The van der Waals surface area contributed by atoms with E-state index in [0.717, 1.165) is 0 Å². The zero-order valence-corrected chi connectivity index (χ0v) is 4.40. The van der Waals surface area contributed by atoms with Gasteiger partial charge >= 0.3 is 0 Å². The molecule has 6 heavy (non-hydrogen) atoms. The monoisotopic (exact) mass is 105 g/mol. The smallest absolute Gasteiger partial charge is 0.156 e. The summed E-state index contributed by atoms with van der Waals surface area (Å²) < 4.78 is 0. The topological polar surface area (TPSA) is 43.1 Å². The maximum atomic E-state index is 9.94. The minimum absolute atomic E-state index is 0.0988. The van der Waals surface area contributed by atoms with Crippen molar-refractivity contribution in [1.82, 2.24) is 0 Å². The fourth-order valence-electron chi connectivity index (χ4n) is 0. The van der Waals surface area contributed by atoms with E-state index in [1.165, 1.54) is 6.92 Å². The van der Waals surface area contributed by atoms with Crippen molar-refractivity contribution in [3.8, 4) is 0 Å². The number of nitrogens with two attached hydrogens (primary N) is 1. The lowest BCUT2D eigenvalue weighted by Gasteiger charge is -1.91. The van der Waals surface area contributed by atoms with E-state index in [-0.39, 0.29) is 5.78 Å². The molecule has 2 N–H and O–H groups in total. The zero-order valence-electron chi connectivity index (χ0n) is 3.51. The van der Waals surface area contributed by atoms with Gasteiger partial charge in [-0.05, 0) is 6.92 Å². The van der Waals surface area contributed by atoms with Crippen molar-refractivity contribution in [2.75, 3.05) is 0 Å². The SMILES string of the molecule is CC(=O)C(N)S. The Kier molecular flexibility index (Phi) is 2.20. The molecule has 0 fully saturated rings. The van der Waals surface area contributed by atoms with Crippen LogP contribution in [0.25, 0.3) is 0 Å². The molecule has 0 spiro atoms. The molecule has 0 aliphatic heterocycles. The Morgan fingerprint density at radius 1 is 2.00 bits per heavy atom. The van der Waals surface area contributed by atoms with Crippen LogP contribution in [-0.4, -0.2) is 11.2 Å². The number of hydrogen-bond acceptors (Lipinski definition) is 3. The lowest BCUT2D eigenvalue weighted by atomic mass is 10.5. The van der Waals surface area contributed by atoms with Crippen molar-refractivity contribution in [1.29, 1.82) is 0 Å². The van der Waals surface area contributed by atoms with E-state index in [2.05, 4.69) is 12.6 Å². The molecule has 0 saturated carbocycles. The molecular weight excluding hydrogens is 98.1 g/mol. The highest BCUT2D eigenvalue weighted by Crippen LogP contribution is 1.82. The van der Waals surface area contributed by atoms with Crippen molar-refractivity contribution in [3.05, 3.63) is 0 Å². The van der Waals surface area contributed by atoms with Gasteiger partial charge in [-0.15, -0.1) is 0 Å². The van der Waals surface area contributed by atoms with Crippen LogP contribution in [0.1, 0.15) is 6.92 Å². The minimum atomic E-state index is -0.593. The van der Waals surface area contributed by atoms with Crippen LogP contribution in [0.4, 0.5) is 0 Å². The van der Waals surface area contributed by atoms with E-state index >= 15 is 0 Å². The van der Waals surface area contributed by atoms with Crippen molar-refractivity contribution < 1.29 is 4.79 Å². The van der Waals surface area contributed by atoms with E-state index < -0.39 is 5.37 Å². The van der Waals surface area contributed by atoms with Gasteiger partial charge in [-0.25, -0.2) is 0 Å². The van der Waals surface area contributed by atoms with Crippen molar-refractivity contribution >= 4 is 18.4 Å². The molecule has 1 unspecified atom stereocenters. The van der Waals surface area contributed by atoms with E-state index in [4.69, 9.17) is 5.73 Å². The summed E-state index contributed by atoms with van der Waals surface area (Å²) in [5.74, 6) is -0.0988. The number of rotatable bonds is 1. The van der Waals surface area contributed by atoms with Gasteiger partial charge in [0.25, 0.3) is 0 Å². The third-order valence-electron chi connectivity index (χ3n) is 0.417. The lowest BCUT2D eigenvalue weighted by Crippen LogP contribution is -2.20. The predicted molar refractivity (Wildman–Crippen MR) is 27.6 cm³/mol. The van der Waals surface area contributed by atoms with Crippen LogP contribution in [0.3, 0.4) is 0 Å². The number of Topliss-reactive ketones (excluding diaryl/α,β-unsaturated/α-hetero) is 1. The van der Waals surface area contributed by atoms with Crippen LogP contribution in [0.5, 0.6) is 0 Å². The van der Waals surface area contributed by atoms with Gasteiger partial charge in [-0.2, -0.15) is 12.6 Å². The van der Waals surface area contributed by atoms with Gasteiger partial charge in [-0.1, -0.05) is 0 Å². The maximum Gasteiger partial charge on any atom is 0.156 e. The molecule has 0 rings (SSSR count). The van der Waals surface area contributed by atoms with Crippen LogP contribution >= 0.6 is 12.6 Å². The fourth-order valence-corrected chi connectivity index (χ4v) is 0. The molecule has 0 radical (unpaired) electrons. The van der Waals surface area contributed by atoms with Crippen molar-refractivity contribution in [2.24, 2.45) is 5.73 Å². The molecule has 0 aliphatic rings. The number of carbonyl (C=O) groups is 1. The van der Waals surface area contributed by atoms with E-state index in [9.17, 15) is 4.79 Å². The number of thiol groups is 1. The first-order valence-electron chi connectivity index (χ1n) is 1.58. The van der Waals surface area contributed by atoms with Crippen molar-refractivity contribution in [2.45, 2.75) is 12.3 Å². The summed E-state index contributed by atoms with van der Waals surface area (Å²) in [4.78, 5) is 9.94. The number of hydrogen-bond donors (Lipinski definition) is 2. The van der Waals surface area contributed by atoms with Gasteiger partial charge in [0, 0.05) is 0 Å². The molecule has 0 heterocycles. The first kappa shape index (κ1) is 5.98. The predicted octanol–water partition coefficient (Wildman–Crippen LogP) is -0.210. The average Bonchev–Trinajstić information content (AvgIpc) is 1.36. The van der Waals surface area contributed by atoms with Crippen LogP contribution in [0.15, 0.2) is 0 Å². The molecule has 0 aliphatic carbocycles. The van der Waals surface area contributed by atoms with Gasteiger partial charge in [-0.3, -0.25) is 4.79 Å². The zero-order chi connectivity index (χ0) is 5.15. The van der Waals surface area contributed by atoms with Gasteiger partial charge in [0.05, 0.1) is 0 Å². The van der Waals surface area contributed by atoms with E-state index in [1.807, 2.05) is 0 Å². The van der Waals surface area contributed by atoms with Gasteiger partial charge < -0.3 is 5.73 Å². The Morgan fingerprint density at radius 2 is 2.17 bits per heavy atom. The maximum absolute atomic E-state index is 9.94. The summed E-state index contributed by atoms with van der Waals surface area (Å²) in [5.41, 5.74) is 4.95. The van der Waals surface area contributed by atoms with Crippen molar-refractivity contribution in [3.63, 3.8) is 0 Å². The third-order valence-corrected chi connectivity index (χ3v) is 0.780. The highest BCUT2D eigenvalue weighted by Gasteiger charge is 1.96. The summed E-state index contributed by atoms with van der Waals surface area (Å²) in [5, 5.41) is -0.593. The third kappa shape index (κ3) is 2.23. The Bertz CT molecular complexity index is 61.8. The normalized spacial score (nSPS) is 13.8. The Hall–Kier alpha value is -0.0200. The summed E-state index contributed by atoms with van der Waals surface area (Å²) in [6.07, 6.45) is 0.